The zero-order chi connectivity index (χ0) is 13.7. The summed E-state index contributed by atoms with van der Waals surface area (Å²) in [6.07, 6.45) is 4.52. The number of H-pyrrole nitrogens is 1. The van der Waals surface area contributed by atoms with Crippen LogP contribution in [0.5, 0.6) is 0 Å². The molecule has 1 heterocycles. The van der Waals surface area contributed by atoms with Crippen LogP contribution in [0.4, 0.5) is 0 Å². The maximum absolute atomic E-state index is 5.67. The molecule has 0 aliphatic carbocycles. The van der Waals surface area contributed by atoms with Crippen molar-refractivity contribution in [1.82, 2.24) is 10.2 Å². The van der Waals surface area contributed by atoms with E-state index in [0.717, 1.165) is 24.2 Å². The first-order chi connectivity index (χ1) is 9.26. The summed E-state index contributed by atoms with van der Waals surface area (Å²) >= 11 is 0. The number of nitrogens with one attached hydrogen (secondary N) is 1. The quantitative estimate of drug-likeness (QED) is 0.834. The van der Waals surface area contributed by atoms with Crippen molar-refractivity contribution in [2.24, 2.45) is 5.73 Å². The summed E-state index contributed by atoms with van der Waals surface area (Å²) in [6, 6.07) is 8.75. The van der Waals surface area contributed by atoms with Gasteiger partial charge in [0.1, 0.15) is 0 Å². The Morgan fingerprint density at radius 2 is 1.89 bits per heavy atom. The van der Waals surface area contributed by atoms with Gasteiger partial charge in [-0.25, -0.2) is 0 Å². The van der Waals surface area contributed by atoms with Crippen molar-refractivity contribution in [3.05, 3.63) is 41.1 Å². The summed E-state index contributed by atoms with van der Waals surface area (Å²) in [6.45, 7) is 4.93. The predicted molar refractivity (Wildman–Crippen MR) is 80.1 cm³/mol. The van der Waals surface area contributed by atoms with Gasteiger partial charge in [0.05, 0.1) is 5.69 Å². The zero-order valence-corrected chi connectivity index (χ0v) is 11.9. The van der Waals surface area contributed by atoms with Crippen LogP contribution in [-0.4, -0.2) is 16.7 Å². The molecule has 2 rings (SSSR count). The standard InChI is InChI=1S/C16H23N3/c1-3-4-5-13-6-8-14(9-7-13)16-15(10-11-17)12(2)18-19-16/h6-9H,3-5,10-11,17H2,1-2H3,(H,18,19). The van der Waals surface area contributed by atoms with Crippen molar-refractivity contribution in [2.45, 2.75) is 39.5 Å². The normalized spacial score (nSPS) is 10.9. The Morgan fingerprint density at radius 3 is 2.53 bits per heavy atom. The molecule has 2 aromatic rings. The molecule has 0 aliphatic rings. The first kappa shape index (κ1) is 13.8. The van der Waals surface area contributed by atoms with Gasteiger partial charge in [0.15, 0.2) is 0 Å². The van der Waals surface area contributed by atoms with Gasteiger partial charge in [-0.2, -0.15) is 5.10 Å². The second-order valence-corrected chi connectivity index (χ2v) is 5.01. The molecule has 0 saturated heterocycles. The number of aromatic nitrogens is 2. The Balaban J connectivity index is 2.22. The third kappa shape index (κ3) is 3.24. The second-order valence-electron chi connectivity index (χ2n) is 5.01. The Kier molecular flexibility index (Phi) is 4.74. The van der Waals surface area contributed by atoms with Crippen LogP contribution in [0, 0.1) is 6.92 Å². The van der Waals surface area contributed by atoms with Crippen LogP contribution in [0.1, 0.15) is 36.6 Å². The summed E-state index contributed by atoms with van der Waals surface area (Å²) in [5.41, 5.74) is 11.7. The number of nitrogens with two attached hydrogens (primary N) is 1. The highest BCUT2D eigenvalue weighted by Crippen LogP contribution is 2.24. The van der Waals surface area contributed by atoms with Crippen LogP contribution in [0.3, 0.4) is 0 Å². The predicted octanol–water partition coefficient (Wildman–Crippen LogP) is 3.23. The van der Waals surface area contributed by atoms with E-state index in [-0.39, 0.29) is 0 Å². The molecule has 0 aliphatic heterocycles. The molecule has 0 bridgehead atoms. The zero-order valence-electron chi connectivity index (χ0n) is 11.9. The number of unbranched alkanes of at least 4 members (excludes halogenated alkanes) is 1. The number of benzene rings is 1. The van der Waals surface area contributed by atoms with E-state index in [0.29, 0.717) is 6.54 Å². The number of rotatable bonds is 6. The van der Waals surface area contributed by atoms with Gasteiger partial charge < -0.3 is 5.73 Å². The van der Waals surface area contributed by atoms with E-state index in [9.17, 15) is 0 Å². The lowest BCUT2D eigenvalue weighted by Gasteiger charge is -2.04. The topological polar surface area (TPSA) is 54.7 Å². The molecule has 102 valence electrons. The molecule has 0 radical (unpaired) electrons. The van der Waals surface area contributed by atoms with Gasteiger partial charge in [0.2, 0.25) is 0 Å². The minimum absolute atomic E-state index is 0.655. The molecular formula is C16H23N3. The first-order valence-electron chi connectivity index (χ1n) is 7.09. The van der Waals surface area contributed by atoms with Crippen molar-refractivity contribution in [3.8, 4) is 11.3 Å². The molecule has 0 spiro atoms. The fraction of sp³-hybridized carbons (Fsp3) is 0.438. The number of nitrogens with zero attached hydrogens (tertiary/aromatic N) is 1. The van der Waals surface area contributed by atoms with Crippen molar-refractivity contribution in [2.75, 3.05) is 6.54 Å². The van der Waals surface area contributed by atoms with Crippen LogP contribution in [0.2, 0.25) is 0 Å². The number of hydrogen-bond acceptors (Lipinski definition) is 2. The van der Waals surface area contributed by atoms with E-state index >= 15 is 0 Å². The van der Waals surface area contributed by atoms with Gasteiger partial charge in [0.25, 0.3) is 0 Å². The molecule has 1 aromatic heterocycles. The van der Waals surface area contributed by atoms with E-state index in [1.165, 1.54) is 29.5 Å². The van der Waals surface area contributed by atoms with E-state index in [2.05, 4.69) is 48.3 Å². The average Bonchev–Trinajstić information content (AvgIpc) is 2.79. The van der Waals surface area contributed by atoms with Crippen molar-refractivity contribution in [1.29, 1.82) is 0 Å². The highest BCUT2D eigenvalue weighted by Gasteiger charge is 2.11. The van der Waals surface area contributed by atoms with E-state index in [1.807, 2.05) is 0 Å². The van der Waals surface area contributed by atoms with Crippen LogP contribution in [0.15, 0.2) is 24.3 Å². The smallest absolute Gasteiger partial charge is 0.0955 e. The second kappa shape index (κ2) is 6.53. The lowest BCUT2D eigenvalue weighted by molar-refractivity contribution is 0.795. The monoisotopic (exact) mass is 257 g/mol. The highest BCUT2D eigenvalue weighted by atomic mass is 15.1. The SMILES string of the molecule is CCCCc1ccc(-c2n[nH]c(C)c2CCN)cc1. The van der Waals surface area contributed by atoms with Crippen LogP contribution in [-0.2, 0) is 12.8 Å². The molecule has 19 heavy (non-hydrogen) atoms. The summed E-state index contributed by atoms with van der Waals surface area (Å²) in [4.78, 5) is 0. The number of aryl methyl sites for hydroxylation is 2. The Hall–Kier alpha value is -1.61. The van der Waals surface area contributed by atoms with E-state index in [4.69, 9.17) is 5.73 Å². The summed E-state index contributed by atoms with van der Waals surface area (Å²) < 4.78 is 0. The van der Waals surface area contributed by atoms with Crippen molar-refractivity contribution >= 4 is 0 Å². The van der Waals surface area contributed by atoms with E-state index in [1.54, 1.807) is 0 Å². The van der Waals surface area contributed by atoms with Crippen LogP contribution in [0.25, 0.3) is 11.3 Å². The lowest BCUT2D eigenvalue weighted by Crippen LogP contribution is -2.04. The maximum atomic E-state index is 5.67. The van der Waals surface area contributed by atoms with Crippen molar-refractivity contribution in [3.63, 3.8) is 0 Å². The van der Waals surface area contributed by atoms with Gasteiger partial charge in [-0.05, 0) is 38.3 Å². The maximum Gasteiger partial charge on any atom is 0.0955 e. The number of hydrogen-bond donors (Lipinski definition) is 2. The number of aromatic amines is 1. The summed E-state index contributed by atoms with van der Waals surface area (Å²) in [5.74, 6) is 0. The van der Waals surface area contributed by atoms with Crippen LogP contribution >= 0.6 is 0 Å². The van der Waals surface area contributed by atoms with Crippen LogP contribution < -0.4 is 5.73 Å². The summed E-state index contributed by atoms with van der Waals surface area (Å²) in [5, 5.41) is 7.48. The lowest BCUT2D eigenvalue weighted by atomic mass is 10.0. The molecule has 3 N–H and O–H groups in total. The highest BCUT2D eigenvalue weighted by molar-refractivity contribution is 5.64. The molecule has 0 atom stereocenters. The van der Waals surface area contributed by atoms with Gasteiger partial charge in [-0.15, -0.1) is 0 Å². The fourth-order valence-corrected chi connectivity index (χ4v) is 2.35. The van der Waals surface area contributed by atoms with Gasteiger partial charge >= 0.3 is 0 Å². The fourth-order valence-electron chi connectivity index (χ4n) is 2.35. The summed E-state index contributed by atoms with van der Waals surface area (Å²) in [7, 11) is 0. The molecule has 0 amide bonds. The average molecular weight is 257 g/mol. The van der Waals surface area contributed by atoms with Gasteiger partial charge in [0, 0.05) is 16.8 Å². The van der Waals surface area contributed by atoms with Crippen molar-refractivity contribution < 1.29 is 0 Å². The van der Waals surface area contributed by atoms with E-state index < -0.39 is 0 Å². The molecule has 1 aromatic carbocycles. The minimum atomic E-state index is 0.655. The molecule has 3 nitrogen and oxygen atoms in total. The largest absolute Gasteiger partial charge is 0.330 e. The molecular weight excluding hydrogens is 234 g/mol. The Labute approximate surface area is 115 Å². The van der Waals surface area contributed by atoms with Gasteiger partial charge in [-0.1, -0.05) is 37.6 Å². The van der Waals surface area contributed by atoms with Gasteiger partial charge in [-0.3, -0.25) is 5.10 Å². The Morgan fingerprint density at radius 1 is 1.16 bits per heavy atom. The molecule has 0 saturated carbocycles. The minimum Gasteiger partial charge on any atom is -0.330 e. The molecule has 0 unspecified atom stereocenters. The third-order valence-corrected chi connectivity index (χ3v) is 3.51. The third-order valence-electron chi connectivity index (χ3n) is 3.51. The molecule has 3 heteroatoms. The first-order valence-corrected chi connectivity index (χ1v) is 7.09. The Bertz CT molecular complexity index is 511. The molecule has 0 fully saturated rings.